The van der Waals surface area contributed by atoms with E-state index in [-0.39, 0.29) is 0 Å². The van der Waals surface area contributed by atoms with Crippen LogP contribution >= 0.6 is 0 Å². The summed E-state index contributed by atoms with van der Waals surface area (Å²) in [6.45, 7) is 1.27. The van der Waals surface area contributed by atoms with Gasteiger partial charge in [0.1, 0.15) is 5.75 Å². The van der Waals surface area contributed by atoms with Crippen molar-refractivity contribution in [2.75, 3.05) is 7.11 Å². The maximum absolute atomic E-state index is 11.1. The summed E-state index contributed by atoms with van der Waals surface area (Å²) in [7, 11) is 1.56. The molecule has 88 valence electrons. The second-order valence-electron chi connectivity index (χ2n) is 3.31. The summed E-state index contributed by atoms with van der Waals surface area (Å²) >= 11 is 0. The Hall–Kier alpha value is -2.31. The summed E-state index contributed by atoms with van der Waals surface area (Å²) in [6.07, 6.45) is 0. The van der Waals surface area contributed by atoms with Crippen LogP contribution in [0.3, 0.4) is 0 Å². The standard InChI is InChI=1S/C10H10N4O3/c1-7(15)17-10(11-13-14-12-10)8-3-5-9(16-2)6-4-8/h3-6H,1-2H3. The third-order valence-corrected chi connectivity index (χ3v) is 2.15. The van der Waals surface area contributed by atoms with E-state index < -0.39 is 11.8 Å². The molecule has 0 saturated heterocycles. The number of ether oxygens (including phenoxy) is 2. The number of nitrogens with zero attached hydrogens (tertiary/aromatic N) is 4. The van der Waals surface area contributed by atoms with Gasteiger partial charge in [-0.1, -0.05) is 10.2 Å². The van der Waals surface area contributed by atoms with Gasteiger partial charge in [-0.3, -0.25) is 4.79 Å². The number of benzene rings is 1. The molecule has 0 bridgehead atoms. The van der Waals surface area contributed by atoms with E-state index in [1.165, 1.54) is 6.92 Å². The molecule has 2 rings (SSSR count). The number of esters is 1. The van der Waals surface area contributed by atoms with Crippen LogP contribution in [0.2, 0.25) is 0 Å². The summed E-state index contributed by atoms with van der Waals surface area (Å²) in [6, 6.07) is 6.80. The summed E-state index contributed by atoms with van der Waals surface area (Å²) in [5, 5.41) is 14.2. The summed E-state index contributed by atoms with van der Waals surface area (Å²) < 4.78 is 10.1. The number of rotatable bonds is 3. The molecular weight excluding hydrogens is 224 g/mol. The van der Waals surface area contributed by atoms with Gasteiger partial charge in [-0.25, -0.2) is 0 Å². The van der Waals surface area contributed by atoms with Gasteiger partial charge in [-0.05, 0) is 34.7 Å². The van der Waals surface area contributed by atoms with Gasteiger partial charge >= 0.3 is 11.8 Å². The largest absolute Gasteiger partial charge is 0.497 e. The van der Waals surface area contributed by atoms with Crippen LogP contribution in [0.4, 0.5) is 0 Å². The van der Waals surface area contributed by atoms with Gasteiger partial charge in [0.2, 0.25) is 0 Å². The van der Waals surface area contributed by atoms with E-state index in [0.717, 1.165) is 0 Å². The molecule has 0 saturated carbocycles. The van der Waals surface area contributed by atoms with Gasteiger partial charge in [-0.15, -0.1) is 0 Å². The Bertz CT molecular complexity index is 469. The van der Waals surface area contributed by atoms with E-state index in [0.29, 0.717) is 11.3 Å². The van der Waals surface area contributed by atoms with Crippen LogP contribution in [0.5, 0.6) is 5.75 Å². The van der Waals surface area contributed by atoms with Crippen molar-refractivity contribution in [2.24, 2.45) is 20.7 Å². The molecule has 0 N–H and O–H groups in total. The van der Waals surface area contributed by atoms with Crippen molar-refractivity contribution in [1.29, 1.82) is 0 Å². The van der Waals surface area contributed by atoms with Gasteiger partial charge in [-0.2, -0.15) is 0 Å². The van der Waals surface area contributed by atoms with Crippen LogP contribution in [-0.4, -0.2) is 13.1 Å². The molecule has 0 atom stereocenters. The number of methoxy groups -OCH3 is 1. The zero-order chi connectivity index (χ0) is 12.3. The number of carbonyl (C=O) groups is 1. The predicted octanol–water partition coefficient (Wildman–Crippen LogP) is 2.20. The normalized spacial score (nSPS) is 15.9. The SMILES string of the molecule is COc1ccc(C2(OC(C)=O)N=NN=N2)cc1. The molecule has 1 aliphatic rings. The van der Waals surface area contributed by atoms with E-state index in [9.17, 15) is 4.79 Å². The third-order valence-electron chi connectivity index (χ3n) is 2.15. The number of hydrogen-bond acceptors (Lipinski definition) is 7. The topological polar surface area (TPSA) is 85.0 Å². The molecule has 0 unspecified atom stereocenters. The molecule has 1 aromatic carbocycles. The Morgan fingerprint density at radius 1 is 1.18 bits per heavy atom. The maximum Gasteiger partial charge on any atom is 0.367 e. The lowest BCUT2D eigenvalue weighted by Crippen LogP contribution is -2.25. The zero-order valence-corrected chi connectivity index (χ0v) is 9.32. The fourth-order valence-electron chi connectivity index (χ4n) is 1.41. The minimum Gasteiger partial charge on any atom is -0.497 e. The van der Waals surface area contributed by atoms with Crippen molar-refractivity contribution in [2.45, 2.75) is 12.8 Å². The molecule has 1 aromatic rings. The maximum atomic E-state index is 11.1. The molecule has 7 heteroatoms. The number of carbonyl (C=O) groups excluding carboxylic acids is 1. The monoisotopic (exact) mass is 234 g/mol. The Morgan fingerprint density at radius 2 is 1.76 bits per heavy atom. The van der Waals surface area contributed by atoms with Crippen LogP contribution in [-0.2, 0) is 15.4 Å². The lowest BCUT2D eigenvalue weighted by molar-refractivity contribution is -0.156. The first-order valence-corrected chi connectivity index (χ1v) is 4.84. The second-order valence-corrected chi connectivity index (χ2v) is 3.31. The van der Waals surface area contributed by atoms with E-state index in [4.69, 9.17) is 9.47 Å². The predicted molar refractivity (Wildman–Crippen MR) is 56.2 cm³/mol. The van der Waals surface area contributed by atoms with E-state index in [1.807, 2.05) is 0 Å². The van der Waals surface area contributed by atoms with Crippen molar-refractivity contribution >= 4 is 5.97 Å². The minimum atomic E-state index is -1.49. The molecular formula is C10H10N4O3. The highest BCUT2D eigenvalue weighted by molar-refractivity contribution is 5.66. The highest BCUT2D eigenvalue weighted by Gasteiger charge is 2.39. The molecule has 0 spiro atoms. The zero-order valence-electron chi connectivity index (χ0n) is 9.32. The lowest BCUT2D eigenvalue weighted by atomic mass is 10.1. The van der Waals surface area contributed by atoms with Gasteiger partial charge in [0.05, 0.1) is 7.11 Å². The van der Waals surface area contributed by atoms with Crippen LogP contribution in [0.25, 0.3) is 0 Å². The van der Waals surface area contributed by atoms with Gasteiger partial charge in [0.15, 0.2) is 0 Å². The number of hydrogen-bond donors (Lipinski definition) is 0. The molecule has 0 aliphatic carbocycles. The van der Waals surface area contributed by atoms with E-state index >= 15 is 0 Å². The van der Waals surface area contributed by atoms with Crippen LogP contribution in [0, 0.1) is 0 Å². The lowest BCUT2D eigenvalue weighted by Gasteiger charge is -2.19. The smallest absolute Gasteiger partial charge is 0.367 e. The minimum absolute atomic E-state index is 0.513. The highest BCUT2D eigenvalue weighted by atomic mass is 16.6. The van der Waals surface area contributed by atoms with Crippen LogP contribution in [0.15, 0.2) is 44.9 Å². The summed E-state index contributed by atoms with van der Waals surface area (Å²) in [5.41, 5.74) is 0.554. The average Bonchev–Trinajstić information content (AvgIpc) is 2.78. The van der Waals surface area contributed by atoms with Gasteiger partial charge in [0.25, 0.3) is 0 Å². The first kappa shape index (κ1) is 11.2. The van der Waals surface area contributed by atoms with Crippen molar-refractivity contribution in [1.82, 2.24) is 0 Å². The van der Waals surface area contributed by atoms with Gasteiger partial charge < -0.3 is 9.47 Å². The molecule has 0 aromatic heterocycles. The van der Waals surface area contributed by atoms with E-state index in [2.05, 4.69) is 20.7 Å². The molecule has 17 heavy (non-hydrogen) atoms. The fraction of sp³-hybridized carbons (Fsp3) is 0.300. The third kappa shape index (κ3) is 2.12. The van der Waals surface area contributed by atoms with Crippen molar-refractivity contribution in [3.05, 3.63) is 29.8 Å². The molecule has 1 heterocycles. The second kappa shape index (κ2) is 4.28. The fourth-order valence-corrected chi connectivity index (χ4v) is 1.41. The Labute approximate surface area is 97.1 Å². The van der Waals surface area contributed by atoms with E-state index in [1.54, 1.807) is 31.4 Å². The first-order chi connectivity index (χ1) is 8.16. The van der Waals surface area contributed by atoms with Crippen LogP contribution in [0.1, 0.15) is 12.5 Å². The molecule has 0 radical (unpaired) electrons. The molecule has 7 nitrogen and oxygen atoms in total. The average molecular weight is 234 g/mol. The Morgan fingerprint density at radius 3 is 2.24 bits per heavy atom. The molecule has 0 fully saturated rings. The van der Waals surface area contributed by atoms with Gasteiger partial charge in [0, 0.05) is 12.5 Å². The quantitative estimate of drug-likeness (QED) is 0.751. The Kier molecular flexibility index (Phi) is 2.82. The molecule has 0 amide bonds. The van der Waals surface area contributed by atoms with Crippen molar-refractivity contribution < 1.29 is 14.3 Å². The summed E-state index contributed by atoms with van der Waals surface area (Å²) in [5.74, 6) is -1.32. The molecule has 1 aliphatic heterocycles. The Balaban J connectivity index is 2.36. The van der Waals surface area contributed by atoms with Crippen molar-refractivity contribution in [3.8, 4) is 5.75 Å². The summed E-state index contributed by atoms with van der Waals surface area (Å²) in [4.78, 5) is 11.1. The first-order valence-electron chi connectivity index (χ1n) is 4.84. The van der Waals surface area contributed by atoms with Crippen LogP contribution < -0.4 is 4.74 Å². The highest BCUT2D eigenvalue weighted by Crippen LogP contribution is 2.34. The van der Waals surface area contributed by atoms with Crippen molar-refractivity contribution in [3.63, 3.8) is 0 Å².